The molecule has 5 heterocycles. The first-order chi connectivity index (χ1) is 18.1. The molecular weight excluding hydrogens is 486 g/mol. The van der Waals surface area contributed by atoms with Crippen LogP contribution in [-0.4, -0.2) is 51.5 Å². The van der Waals surface area contributed by atoms with Gasteiger partial charge in [-0.2, -0.15) is 0 Å². The van der Waals surface area contributed by atoms with Crippen LogP contribution in [0, 0.1) is 0 Å². The molecule has 4 aromatic heterocycles. The topological polar surface area (TPSA) is 80.6 Å². The van der Waals surface area contributed by atoms with Gasteiger partial charge in [-0.25, -0.2) is 4.98 Å². The quantitative estimate of drug-likeness (QED) is 0.354. The van der Waals surface area contributed by atoms with Crippen LogP contribution in [0.5, 0.6) is 5.75 Å². The van der Waals surface area contributed by atoms with E-state index in [4.69, 9.17) is 4.74 Å². The van der Waals surface area contributed by atoms with E-state index in [1.807, 2.05) is 59.5 Å². The maximum atomic E-state index is 13.9. The van der Waals surface area contributed by atoms with Crippen LogP contribution < -0.4 is 15.2 Å². The first kappa shape index (κ1) is 23.2. The second-order valence-electron chi connectivity index (χ2n) is 8.96. The Morgan fingerprint density at radius 1 is 0.973 bits per heavy atom. The third-order valence-electron chi connectivity index (χ3n) is 6.76. The molecule has 37 heavy (non-hydrogen) atoms. The number of para-hydroxylation sites is 1. The average Bonchev–Trinajstić information content (AvgIpc) is 3.35. The van der Waals surface area contributed by atoms with Gasteiger partial charge in [-0.3, -0.25) is 14.6 Å². The maximum Gasteiger partial charge on any atom is 0.267 e. The fraction of sp³-hybridized carbons (Fsp3) is 0.214. The van der Waals surface area contributed by atoms with Crippen molar-refractivity contribution in [1.82, 2.24) is 19.4 Å². The number of benzene rings is 1. The first-order valence-corrected chi connectivity index (χ1v) is 12.9. The van der Waals surface area contributed by atoms with Gasteiger partial charge in [0.2, 0.25) is 0 Å². The molecule has 1 saturated heterocycles. The first-order valence-electron chi connectivity index (χ1n) is 12.1. The molecule has 1 aliphatic heterocycles. The molecule has 0 N–H and O–H groups in total. The number of nitrogens with zero attached hydrogens (tertiary/aromatic N) is 5. The van der Waals surface area contributed by atoms with Crippen LogP contribution in [0.3, 0.4) is 0 Å². The largest absolute Gasteiger partial charge is 0.486 e. The monoisotopic (exact) mass is 511 g/mol. The molecule has 0 radical (unpaired) electrons. The Kier molecular flexibility index (Phi) is 6.05. The Hall–Kier alpha value is -4.24. The summed E-state index contributed by atoms with van der Waals surface area (Å²) < 4.78 is 8.67. The van der Waals surface area contributed by atoms with Crippen LogP contribution >= 0.6 is 11.3 Å². The Bertz CT molecular complexity index is 1640. The number of fused-ring (bicyclic) bond motifs is 3. The van der Waals surface area contributed by atoms with E-state index in [1.54, 1.807) is 30.2 Å². The van der Waals surface area contributed by atoms with Gasteiger partial charge in [0.15, 0.2) is 5.75 Å². The predicted molar refractivity (Wildman–Crippen MR) is 145 cm³/mol. The van der Waals surface area contributed by atoms with E-state index in [1.165, 1.54) is 11.3 Å². The standard InChI is InChI=1S/C28H25N5O3S/c1-31-21-7-3-2-6-20(21)25-23(27(31)34)24(36-18-19-9-12-29-13-10-19)26(37-25)28(35)33-16-14-32(15-17-33)22-8-4-5-11-30-22/h2-13H,14-18H2,1H3. The molecular formula is C28H25N5O3S. The number of carbonyl (C=O) groups excluding carboxylic acids is 1. The van der Waals surface area contributed by atoms with Crippen LogP contribution in [0.15, 0.2) is 78.0 Å². The Balaban J connectivity index is 1.39. The van der Waals surface area contributed by atoms with Crippen LogP contribution in [0.1, 0.15) is 15.2 Å². The van der Waals surface area contributed by atoms with Crippen LogP contribution in [0.25, 0.3) is 21.0 Å². The van der Waals surface area contributed by atoms with Gasteiger partial charge in [0, 0.05) is 57.2 Å². The zero-order valence-corrected chi connectivity index (χ0v) is 21.1. The van der Waals surface area contributed by atoms with Crippen LogP contribution in [0.4, 0.5) is 5.82 Å². The normalized spacial score (nSPS) is 13.9. The van der Waals surface area contributed by atoms with Gasteiger partial charge in [0.1, 0.15) is 22.7 Å². The minimum absolute atomic E-state index is 0.113. The van der Waals surface area contributed by atoms with Gasteiger partial charge < -0.3 is 19.1 Å². The number of aromatic nitrogens is 3. The maximum absolute atomic E-state index is 13.9. The molecule has 0 unspecified atom stereocenters. The summed E-state index contributed by atoms with van der Waals surface area (Å²) in [7, 11) is 1.76. The molecule has 0 bridgehead atoms. The van der Waals surface area contributed by atoms with Crippen molar-refractivity contribution in [3.63, 3.8) is 0 Å². The summed E-state index contributed by atoms with van der Waals surface area (Å²) in [5.41, 5.74) is 1.56. The molecule has 1 fully saturated rings. The lowest BCUT2D eigenvalue weighted by molar-refractivity contribution is 0.0747. The van der Waals surface area contributed by atoms with E-state index >= 15 is 0 Å². The summed E-state index contributed by atoms with van der Waals surface area (Å²) in [5, 5.41) is 1.38. The molecule has 1 amide bonds. The number of aryl methyl sites for hydroxylation is 1. The van der Waals surface area contributed by atoms with Gasteiger partial charge in [-0.05, 0) is 35.9 Å². The van der Waals surface area contributed by atoms with E-state index < -0.39 is 0 Å². The summed E-state index contributed by atoms with van der Waals surface area (Å²) in [6, 6.07) is 17.3. The van der Waals surface area contributed by atoms with Crippen molar-refractivity contribution in [2.45, 2.75) is 6.61 Å². The zero-order valence-electron chi connectivity index (χ0n) is 20.3. The Morgan fingerprint density at radius 2 is 1.73 bits per heavy atom. The zero-order chi connectivity index (χ0) is 25.4. The molecule has 6 rings (SSSR count). The highest BCUT2D eigenvalue weighted by Gasteiger charge is 2.30. The SMILES string of the molecule is Cn1c(=O)c2c(OCc3ccncc3)c(C(=O)N3CCN(c4ccccn4)CC3)sc2c2ccccc21. The van der Waals surface area contributed by atoms with Gasteiger partial charge in [0.05, 0.1) is 10.2 Å². The lowest BCUT2D eigenvalue weighted by Gasteiger charge is -2.35. The average molecular weight is 512 g/mol. The van der Waals surface area contributed by atoms with Crippen molar-refractivity contribution in [2.75, 3.05) is 31.1 Å². The number of anilines is 1. The number of thiophene rings is 1. The highest BCUT2D eigenvalue weighted by atomic mass is 32.1. The molecule has 0 spiro atoms. The summed E-state index contributed by atoms with van der Waals surface area (Å²) in [5.74, 6) is 1.16. The van der Waals surface area contributed by atoms with Crippen molar-refractivity contribution >= 4 is 44.1 Å². The van der Waals surface area contributed by atoms with E-state index in [0.717, 1.165) is 27.0 Å². The molecule has 1 aliphatic rings. The fourth-order valence-electron chi connectivity index (χ4n) is 4.77. The number of piperazine rings is 1. The van der Waals surface area contributed by atoms with Crippen molar-refractivity contribution in [2.24, 2.45) is 7.05 Å². The molecule has 5 aromatic rings. The second kappa shape index (κ2) is 9.67. The van der Waals surface area contributed by atoms with Crippen molar-refractivity contribution in [1.29, 1.82) is 0 Å². The molecule has 0 aliphatic carbocycles. The van der Waals surface area contributed by atoms with Gasteiger partial charge in [-0.15, -0.1) is 11.3 Å². The molecule has 1 aromatic carbocycles. The van der Waals surface area contributed by atoms with Crippen LogP contribution in [-0.2, 0) is 13.7 Å². The molecule has 9 heteroatoms. The highest BCUT2D eigenvalue weighted by Crippen LogP contribution is 2.40. The number of hydrogen-bond acceptors (Lipinski definition) is 7. The van der Waals surface area contributed by atoms with E-state index in [2.05, 4.69) is 14.9 Å². The number of ether oxygens (including phenoxy) is 1. The summed E-state index contributed by atoms with van der Waals surface area (Å²) >= 11 is 1.34. The number of hydrogen-bond donors (Lipinski definition) is 0. The third-order valence-corrected chi connectivity index (χ3v) is 7.95. The smallest absolute Gasteiger partial charge is 0.267 e. The molecule has 0 atom stereocenters. The molecule has 8 nitrogen and oxygen atoms in total. The summed E-state index contributed by atoms with van der Waals surface area (Å²) in [4.78, 5) is 40.4. The lowest BCUT2D eigenvalue weighted by Crippen LogP contribution is -2.49. The van der Waals surface area contributed by atoms with Crippen molar-refractivity contribution in [3.05, 3.63) is 94.0 Å². The Labute approximate surface area is 217 Å². The second-order valence-corrected chi connectivity index (χ2v) is 9.98. The number of amides is 1. The third kappa shape index (κ3) is 4.21. The fourth-order valence-corrected chi connectivity index (χ4v) is 6.01. The van der Waals surface area contributed by atoms with E-state index in [9.17, 15) is 9.59 Å². The predicted octanol–water partition coefficient (Wildman–Crippen LogP) is 4.08. The minimum Gasteiger partial charge on any atom is -0.486 e. The van der Waals surface area contributed by atoms with E-state index in [0.29, 0.717) is 42.2 Å². The number of rotatable bonds is 5. The highest BCUT2D eigenvalue weighted by molar-refractivity contribution is 7.22. The summed E-state index contributed by atoms with van der Waals surface area (Å²) in [6.07, 6.45) is 5.18. The van der Waals surface area contributed by atoms with Crippen molar-refractivity contribution < 1.29 is 9.53 Å². The van der Waals surface area contributed by atoms with Gasteiger partial charge in [0.25, 0.3) is 11.5 Å². The number of pyridine rings is 3. The van der Waals surface area contributed by atoms with E-state index in [-0.39, 0.29) is 18.1 Å². The minimum atomic E-state index is -0.173. The lowest BCUT2D eigenvalue weighted by atomic mass is 10.1. The molecule has 186 valence electrons. The van der Waals surface area contributed by atoms with Gasteiger partial charge >= 0.3 is 0 Å². The van der Waals surface area contributed by atoms with Crippen molar-refractivity contribution in [3.8, 4) is 5.75 Å². The Morgan fingerprint density at radius 3 is 2.49 bits per heavy atom. The number of carbonyl (C=O) groups is 1. The summed E-state index contributed by atoms with van der Waals surface area (Å²) in [6.45, 7) is 2.73. The van der Waals surface area contributed by atoms with Crippen LogP contribution in [0.2, 0.25) is 0 Å². The van der Waals surface area contributed by atoms with Gasteiger partial charge in [-0.1, -0.05) is 24.3 Å². The molecule has 0 saturated carbocycles.